The smallest absolute Gasteiger partial charge is 0.349 e. The lowest BCUT2D eigenvalue weighted by atomic mass is 9.87. The van der Waals surface area contributed by atoms with Crippen LogP contribution in [0.15, 0.2) is 24.3 Å². The van der Waals surface area contributed by atoms with E-state index in [4.69, 9.17) is 0 Å². The van der Waals surface area contributed by atoms with Gasteiger partial charge in [0.1, 0.15) is 0 Å². The third kappa shape index (κ3) is 9.43. The number of halogens is 34. The molecule has 36 heteroatoms. The molecule has 0 aromatic heterocycles. The summed E-state index contributed by atoms with van der Waals surface area (Å²) < 4.78 is 467. The van der Waals surface area contributed by atoms with Crippen molar-refractivity contribution in [3.05, 3.63) is 57.6 Å². The molecule has 0 N–H and O–H groups in total. The predicted octanol–water partition coefficient (Wildman–Crippen LogP) is 16.5. The molecule has 0 atom stereocenters. The van der Waals surface area contributed by atoms with Gasteiger partial charge in [-0.05, 0) is 80.8 Å². The van der Waals surface area contributed by atoms with Crippen LogP contribution in [0.4, 0.5) is 161 Å². The van der Waals surface area contributed by atoms with Crippen LogP contribution in [0.5, 0.6) is 0 Å². The first-order valence-corrected chi connectivity index (χ1v) is 20.3. The Morgan fingerprint density at radius 2 is 0.500 bits per heavy atom. The van der Waals surface area contributed by atoms with E-state index in [1.54, 1.807) is 0 Å². The van der Waals surface area contributed by atoms with Crippen LogP contribution >= 0.6 is 0 Å². The molecule has 0 aliphatic carbocycles. The maximum absolute atomic E-state index is 14.7. The number of rotatable bonds is 20. The van der Waals surface area contributed by atoms with Crippen molar-refractivity contribution in [3.8, 4) is 0 Å². The van der Waals surface area contributed by atoms with Crippen LogP contribution in [0.25, 0.3) is 0 Å². The van der Waals surface area contributed by atoms with Crippen LogP contribution in [0.3, 0.4) is 0 Å². The Kier molecular flexibility index (Phi) is 16.4. The molecule has 0 saturated carbocycles. The minimum atomic E-state index is -8.81. The third-order valence-corrected chi connectivity index (χ3v) is 12.2. The van der Waals surface area contributed by atoms with E-state index < -0.39 is 138 Å². The molecule has 0 spiro atoms. The van der Waals surface area contributed by atoms with E-state index in [1.165, 1.54) is 44.4 Å². The Hall–Kier alpha value is -4.34. The number of aryl methyl sites for hydroxylation is 6. The summed E-state index contributed by atoms with van der Waals surface area (Å²) in [5.41, 5.74) is -0.961. The van der Waals surface area contributed by atoms with Gasteiger partial charge in [-0.1, -0.05) is 24.3 Å². The number of alkyl halides is 34. The number of benzene rings is 2. The molecule has 1 aliphatic rings. The maximum atomic E-state index is 14.7. The van der Waals surface area contributed by atoms with Gasteiger partial charge in [0.2, 0.25) is 0 Å². The van der Waals surface area contributed by atoms with Gasteiger partial charge in [0.05, 0.1) is 6.17 Å². The van der Waals surface area contributed by atoms with Gasteiger partial charge >= 0.3 is 95.3 Å². The fraction of sp³-hybridized carbons (Fsp3) is 0.700. The fourth-order valence-electron chi connectivity index (χ4n) is 7.95. The molecule has 440 valence electrons. The summed E-state index contributed by atoms with van der Waals surface area (Å²) in [6, 6.07) is 3.45. The zero-order valence-electron chi connectivity index (χ0n) is 37.9. The zero-order valence-corrected chi connectivity index (χ0v) is 37.9. The highest BCUT2D eigenvalue weighted by Gasteiger charge is 2.97. The number of nitrogens with zero attached hydrogens (tertiary/aromatic N) is 2. The van der Waals surface area contributed by atoms with Crippen LogP contribution < -0.4 is 9.80 Å². The molecule has 1 saturated heterocycles. The lowest BCUT2D eigenvalue weighted by molar-refractivity contribution is -0.461. The second kappa shape index (κ2) is 18.9. The van der Waals surface area contributed by atoms with Crippen LogP contribution in [-0.2, 0) is 12.8 Å². The van der Waals surface area contributed by atoms with Gasteiger partial charge in [0, 0.05) is 37.3 Å². The number of hydrogen-bond donors (Lipinski definition) is 0. The van der Waals surface area contributed by atoms with E-state index in [0.717, 1.165) is 24.3 Å². The molecule has 0 amide bonds. The first-order chi connectivity index (χ1) is 33.2. The van der Waals surface area contributed by atoms with Crippen molar-refractivity contribution in [3.63, 3.8) is 0 Å². The average Bonchev–Trinajstić information content (AvgIpc) is 3.59. The highest BCUT2D eigenvalue weighted by atomic mass is 19.4. The zero-order chi connectivity index (χ0) is 60.4. The predicted molar refractivity (Wildman–Crippen MR) is 194 cm³/mol. The Morgan fingerprint density at radius 1 is 0.316 bits per heavy atom. The molecule has 1 aliphatic heterocycles. The van der Waals surface area contributed by atoms with E-state index in [-0.39, 0.29) is 46.7 Å². The van der Waals surface area contributed by atoms with Crippen molar-refractivity contribution < 1.29 is 149 Å². The summed E-state index contributed by atoms with van der Waals surface area (Å²) >= 11 is 0. The minimum Gasteiger partial charge on any atom is -0.349 e. The maximum Gasteiger partial charge on any atom is 0.460 e. The summed E-state index contributed by atoms with van der Waals surface area (Å²) in [5.74, 6) is -115. The van der Waals surface area contributed by atoms with Crippen molar-refractivity contribution >= 4 is 11.4 Å². The normalized spacial score (nSPS) is 16.9. The lowest BCUT2D eigenvalue weighted by Crippen LogP contribution is -2.74. The SMILES string of the molecule is Cc1cc(CCC(F)(F)C(F)(F)C(F)(F)C(F)(F)C(F)(F)C(F)(F)C(F)(F)C(F)(F)F)cc(C)c1N1CCN(c2c(C)cc(CCC(F)(F)C(F)(F)C(F)(F)C(F)(F)C(F)(F)C(F)(F)C(F)(F)C(F)(F)F)cc2C)C1C. The van der Waals surface area contributed by atoms with Gasteiger partial charge in [-0.25, -0.2) is 0 Å². The van der Waals surface area contributed by atoms with E-state index in [0.29, 0.717) is 0 Å². The third-order valence-electron chi connectivity index (χ3n) is 12.2. The number of anilines is 2. The second-order valence-corrected chi connectivity index (χ2v) is 17.5. The molecule has 2 nitrogen and oxygen atoms in total. The van der Waals surface area contributed by atoms with Gasteiger partial charge in [0.15, 0.2) is 0 Å². The van der Waals surface area contributed by atoms with E-state index in [2.05, 4.69) is 0 Å². The molecule has 1 heterocycles. The summed E-state index contributed by atoms with van der Waals surface area (Å²) in [7, 11) is 0. The molecular formula is C40H32F34N2. The van der Waals surface area contributed by atoms with Gasteiger partial charge in [-0.3, -0.25) is 0 Å². The Balaban J connectivity index is 1.87. The van der Waals surface area contributed by atoms with Crippen LogP contribution in [0, 0.1) is 27.7 Å². The molecule has 3 rings (SSSR count). The van der Waals surface area contributed by atoms with E-state index >= 15 is 0 Å². The fourth-order valence-corrected chi connectivity index (χ4v) is 7.95. The van der Waals surface area contributed by atoms with Gasteiger partial charge in [0.25, 0.3) is 0 Å². The first kappa shape index (κ1) is 65.9. The molecule has 76 heavy (non-hydrogen) atoms. The molecular weight excluding hydrogens is 1150 g/mol. The summed E-state index contributed by atoms with van der Waals surface area (Å²) in [6.45, 7) is 5.97. The molecule has 0 unspecified atom stereocenters. The molecule has 1 fully saturated rings. The summed E-state index contributed by atoms with van der Waals surface area (Å²) in [4.78, 5) is 2.96. The molecule has 0 radical (unpaired) electrons. The second-order valence-electron chi connectivity index (χ2n) is 17.5. The highest BCUT2D eigenvalue weighted by Crippen LogP contribution is 2.66. The quantitative estimate of drug-likeness (QED) is 0.122. The van der Waals surface area contributed by atoms with Gasteiger partial charge in [-0.15, -0.1) is 0 Å². The average molecular weight is 1190 g/mol. The van der Waals surface area contributed by atoms with Crippen molar-refractivity contribution in [2.75, 3.05) is 22.9 Å². The van der Waals surface area contributed by atoms with Crippen LogP contribution in [-0.4, -0.2) is 115 Å². The lowest BCUT2D eigenvalue weighted by Gasteiger charge is -2.42. The van der Waals surface area contributed by atoms with Crippen LogP contribution in [0.1, 0.15) is 53.1 Å². The van der Waals surface area contributed by atoms with E-state index in [9.17, 15) is 149 Å². The summed E-state index contributed by atoms with van der Waals surface area (Å²) in [6.07, 6.45) is -25.5. The molecule has 2 aromatic carbocycles. The first-order valence-electron chi connectivity index (χ1n) is 20.3. The topological polar surface area (TPSA) is 6.48 Å². The summed E-state index contributed by atoms with van der Waals surface area (Å²) in [5, 5.41) is 0. The molecule has 0 bridgehead atoms. The minimum absolute atomic E-state index is 0.0235. The Morgan fingerprint density at radius 3 is 0.697 bits per heavy atom. The Labute approximate surface area is 403 Å². The number of hydrogen-bond acceptors (Lipinski definition) is 2. The monoisotopic (exact) mass is 1190 g/mol. The van der Waals surface area contributed by atoms with Crippen molar-refractivity contribution in [2.45, 2.75) is 162 Å². The van der Waals surface area contributed by atoms with E-state index in [1.807, 2.05) is 0 Å². The van der Waals surface area contributed by atoms with Crippen molar-refractivity contribution in [1.82, 2.24) is 0 Å². The largest absolute Gasteiger partial charge is 0.460 e. The van der Waals surface area contributed by atoms with Gasteiger partial charge < -0.3 is 9.80 Å². The van der Waals surface area contributed by atoms with Gasteiger partial charge in [-0.2, -0.15) is 149 Å². The standard InChI is InChI=1S/C40H32F34N2/c1-16-12-21(6-8-25(41,42)27(45,46)29(49,50)31(53,54)33(57,58)35(61,62)37(65,66)39(69,70)71)13-17(2)23(16)75-10-11-76(20(75)5)24-18(3)14-22(15-19(24)4)7-9-26(43,44)28(47,48)30(51,52)32(55,56)34(59,60)36(63,64)38(67,68)40(72,73)74/h12-15,20H,6-11H2,1-5H3. The molecule has 2 aromatic rings. The van der Waals surface area contributed by atoms with Crippen molar-refractivity contribution in [2.24, 2.45) is 0 Å². The van der Waals surface area contributed by atoms with Crippen LogP contribution in [0.2, 0.25) is 0 Å². The van der Waals surface area contributed by atoms with Crippen molar-refractivity contribution in [1.29, 1.82) is 0 Å². The highest BCUT2D eigenvalue weighted by molar-refractivity contribution is 5.67. The Bertz CT molecular complexity index is 2220.